The Bertz CT molecular complexity index is 378. The zero-order valence-corrected chi connectivity index (χ0v) is 10.6. The number of aliphatic hydroxyl groups excluding tert-OH is 1. The first-order valence-electron chi connectivity index (χ1n) is 5.51. The molecule has 0 aliphatic rings. The summed E-state index contributed by atoms with van der Waals surface area (Å²) in [6, 6.07) is 3.08. The van der Waals surface area contributed by atoms with Gasteiger partial charge < -0.3 is 19.6 Å². The second kappa shape index (κ2) is 5.23. The van der Waals surface area contributed by atoms with Crippen molar-refractivity contribution in [2.45, 2.75) is 45.9 Å². The van der Waals surface area contributed by atoms with Crippen molar-refractivity contribution in [2.75, 3.05) is 0 Å². The van der Waals surface area contributed by atoms with E-state index in [-0.39, 0.29) is 12.6 Å². The van der Waals surface area contributed by atoms with Crippen LogP contribution in [0.4, 0.5) is 4.79 Å². The predicted octanol–water partition coefficient (Wildman–Crippen LogP) is 2.36. The largest absolute Gasteiger partial charge is 0.461 e. The van der Waals surface area contributed by atoms with Crippen molar-refractivity contribution in [1.82, 2.24) is 5.32 Å². The van der Waals surface area contributed by atoms with E-state index in [0.717, 1.165) is 0 Å². The third kappa shape index (κ3) is 4.48. The molecule has 5 nitrogen and oxygen atoms in total. The molecule has 0 spiro atoms. The Kier molecular flexibility index (Phi) is 4.17. The molecule has 2 N–H and O–H groups in total. The fourth-order valence-corrected chi connectivity index (χ4v) is 1.27. The van der Waals surface area contributed by atoms with Gasteiger partial charge in [-0.05, 0) is 39.8 Å². The average molecular weight is 241 g/mol. The lowest BCUT2D eigenvalue weighted by atomic mass is 10.2. The van der Waals surface area contributed by atoms with Gasteiger partial charge in [-0.2, -0.15) is 0 Å². The van der Waals surface area contributed by atoms with E-state index in [2.05, 4.69) is 5.32 Å². The number of hydrogen-bond acceptors (Lipinski definition) is 4. The summed E-state index contributed by atoms with van der Waals surface area (Å²) in [5.74, 6) is 1.05. The van der Waals surface area contributed by atoms with Crippen LogP contribution in [0.25, 0.3) is 0 Å². The maximum Gasteiger partial charge on any atom is 0.408 e. The molecule has 0 fully saturated rings. The highest BCUT2D eigenvalue weighted by molar-refractivity contribution is 5.68. The Labute approximate surface area is 101 Å². The van der Waals surface area contributed by atoms with E-state index in [9.17, 15) is 4.79 Å². The topological polar surface area (TPSA) is 71.7 Å². The van der Waals surface area contributed by atoms with Crippen LogP contribution >= 0.6 is 0 Å². The van der Waals surface area contributed by atoms with Gasteiger partial charge in [0, 0.05) is 0 Å². The van der Waals surface area contributed by atoms with Gasteiger partial charge in [-0.25, -0.2) is 4.79 Å². The second-order valence-electron chi connectivity index (χ2n) is 4.83. The van der Waals surface area contributed by atoms with E-state index in [4.69, 9.17) is 14.3 Å². The monoisotopic (exact) mass is 241 g/mol. The summed E-state index contributed by atoms with van der Waals surface area (Å²) in [6.07, 6.45) is -0.494. The van der Waals surface area contributed by atoms with Gasteiger partial charge in [0.15, 0.2) is 0 Å². The molecule has 5 heteroatoms. The van der Waals surface area contributed by atoms with Crippen LogP contribution in [-0.4, -0.2) is 16.8 Å². The lowest BCUT2D eigenvalue weighted by molar-refractivity contribution is 0.0501. The van der Waals surface area contributed by atoms with E-state index in [1.807, 2.05) is 0 Å². The van der Waals surface area contributed by atoms with Crippen molar-refractivity contribution < 1.29 is 19.1 Å². The maximum absolute atomic E-state index is 11.5. The zero-order valence-electron chi connectivity index (χ0n) is 10.6. The van der Waals surface area contributed by atoms with E-state index >= 15 is 0 Å². The maximum atomic E-state index is 11.5. The predicted molar refractivity (Wildman–Crippen MR) is 62.4 cm³/mol. The van der Waals surface area contributed by atoms with E-state index in [1.54, 1.807) is 39.8 Å². The highest BCUT2D eigenvalue weighted by atomic mass is 16.6. The van der Waals surface area contributed by atoms with E-state index in [0.29, 0.717) is 11.5 Å². The molecule has 1 aromatic heterocycles. The molecule has 1 atom stereocenters. The molecule has 0 saturated carbocycles. The number of carbonyl (C=O) groups excluding carboxylic acids is 1. The van der Waals surface area contributed by atoms with Crippen molar-refractivity contribution in [3.63, 3.8) is 0 Å². The minimum absolute atomic E-state index is 0.154. The van der Waals surface area contributed by atoms with Crippen LogP contribution in [0.1, 0.15) is 45.3 Å². The third-order valence-electron chi connectivity index (χ3n) is 2.00. The molecule has 0 radical (unpaired) electrons. The SMILES string of the molecule is C[C@H](NC(=O)OC(C)(C)C)c1ccc(CO)o1. The molecule has 1 rings (SSSR count). The zero-order chi connectivity index (χ0) is 13.1. The van der Waals surface area contributed by atoms with Gasteiger partial charge in [-0.15, -0.1) is 0 Å². The van der Waals surface area contributed by atoms with Gasteiger partial charge >= 0.3 is 6.09 Å². The Morgan fingerprint density at radius 3 is 2.65 bits per heavy atom. The van der Waals surface area contributed by atoms with Gasteiger partial charge in [-0.1, -0.05) is 0 Å². The van der Waals surface area contributed by atoms with E-state index in [1.165, 1.54) is 0 Å². The summed E-state index contributed by atoms with van der Waals surface area (Å²) in [5.41, 5.74) is -0.525. The molecular weight excluding hydrogens is 222 g/mol. The first-order valence-corrected chi connectivity index (χ1v) is 5.51. The lowest BCUT2D eigenvalue weighted by Gasteiger charge is -2.21. The number of ether oxygens (including phenoxy) is 1. The normalized spacial score (nSPS) is 13.2. The number of rotatable bonds is 3. The Hall–Kier alpha value is -1.49. The van der Waals surface area contributed by atoms with Crippen LogP contribution in [-0.2, 0) is 11.3 Å². The Balaban J connectivity index is 2.54. The molecule has 0 aromatic carbocycles. The fraction of sp³-hybridized carbons (Fsp3) is 0.583. The molecule has 1 heterocycles. The summed E-state index contributed by atoms with van der Waals surface area (Å²) in [6.45, 7) is 7.03. The van der Waals surface area contributed by atoms with Crippen LogP contribution in [0.15, 0.2) is 16.5 Å². The number of hydrogen-bond donors (Lipinski definition) is 2. The lowest BCUT2D eigenvalue weighted by Crippen LogP contribution is -2.33. The van der Waals surface area contributed by atoms with Crippen LogP contribution < -0.4 is 5.32 Å². The summed E-state index contributed by atoms with van der Waals surface area (Å²) in [5, 5.41) is 11.5. The minimum atomic E-state index is -0.525. The number of alkyl carbamates (subject to hydrolysis) is 1. The quantitative estimate of drug-likeness (QED) is 0.852. The molecule has 0 aliphatic heterocycles. The highest BCUT2D eigenvalue weighted by Gasteiger charge is 2.19. The van der Waals surface area contributed by atoms with E-state index < -0.39 is 11.7 Å². The van der Waals surface area contributed by atoms with Crippen molar-refractivity contribution >= 4 is 6.09 Å². The Morgan fingerprint density at radius 2 is 2.18 bits per heavy atom. The number of nitrogens with one attached hydrogen (secondary N) is 1. The van der Waals surface area contributed by atoms with Crippen molar-refractivity contribution in [3.05, 3.63) is 23.7 Å². The molecule has 0 unspecified atom stereocenters. The van der Waals surface area contributed by atoms with Crippen LogP contribution in [0.5, 0.6) is 0 Å². The molecular formula is C12H19NO4. The fourth-order valence-electron chi connectivity index (χ4n) is 1.27. The molecule has 96 valence electrons. The molecule has 17 heavy (non-hydrogen) atoms. The van der Waals surface area contributed by atoms with Crippen molar-refractivity contribution in [2.24, 2.45) is 0 Å². The number of amides is 1. The smallest absolute Gasteiger partial charge is 0.408 e. The first-order chi connectivity index (χ1) is 7.81. The number of aliphatic hydroxyl groups is 1. The minimum Gasteiger partial charge on any atom is -0.461 e. The third-order valence-corrected chi connectivity index (χ3v) is 2.00. The highest BCUT2D eigenvalue weighted by Crippen LogP contribution is 2.17. The second-order valence-corrected chi connectivity index (χ2v) is 4.83. The summed E-state index contributed by atoms with van der Waals surface area (Å²) >= 11 is 0. The van der Waals surface area contributed by atoms with Crippen LogP contribution in [0, 0.1) is 0 Å². The summed E-state index contributed by atoms with van der Waals surface area (Å²) < 4.78 is 10.4. The molecule has 0 saturated heterocycles. The molecule has 0 aliphatic carbocycles. The van der Waals surface area contributed by atoms with Crippen LogP contribution in [0.2, 0.25) is 0 Å². The van der Waals surface area contributed by atoms with Crippen molar-refractivity contribution in [1.29, 1.82) is 0 Å². The van der Waals surface area contributed by atoms with Gasteiger partial charge in [-0.3, -0.25) is 0 Å². The molecule has 1 amide bonds. The summed E-state index contributed by atoms with van der Waals surface area (Å²) in [4.78, 5) is 11.5. The Morgan fingerprint density at radius 1 is 1.53 bits per heavy atom. The summed E-state index contributed by atoms with van der Waals surface area (Å²) in [7, 11) is 0. The van der Waals surface area contributed by atoms with Crippen LogP contribution in [0.3, 0.4) is 0 Å². The van der Waals surface area contributed by atoms with Gasteiger partial charge in [0.25, 0.3) is 0 Å². The molecule has 0 bridgehead atoms. The number of carbonyl (C=O) groups is 1. The first kappa shape index (κ1) is 13.6. The number of furan rings is 1. The van der Waals surface area contributed by atoms with Gasteiger partial charge in [0.2, 0.25) is 0 Å². The van der Waals surface area contributed by atoms with Gasteiger partial charge in [0.05, 0.1) is 6.04 Å². The average Bonchev–Trinajstić information content (AvgIpc) is 2.62. The molecule has 1 aromatic rings. The van der Waals surface area contributed by atoms with Gasteiger partial charge in [0.1, 0.15) is 23.7 Å². The van der Waals surface area contributed by atoms with Crippen molar-refractivity contribution in [3.8, 4) is 0 Å². The standard InChI is InChI=1S/C12H19NO4/c1-8(10-6-5-9(7-14)16-10)13-11(15)17-12(2,3)4/h5-6,8,14H,7H2,1-4H3,(H,13,15)/t8-/m0/s1.